The Kier molecular flexibility index (Phi) is 3.13. The van der Waals surface area contributed by atoms with Gasteiger partial charge in [0.25, 0.3) is 0 Å². The first-order chi connectivity index (χ1) is 5.89. The van der Waals surface area contributed by atoms with Gasteiger partial charge >= 0.3 is 0 Å². The summed E-state index contributed by atoms with van der Waals surface area (Å²) in [5.74, 6) is 0.242. The van der Waals surface area contributed by atoms with Gasteiger partial charge in [0.2, 0.25) is 5.91 Å². The van der Waals surface area contributed by atoms with Crippen LogP contribution in [0.25, 0.3) is 0 Å². The van der Waals surface area contributed by atoms with Crippen molar-refractivity contribution in [3.63, 3.8) is 0 Å². The number of amides is 1. The zero-order valence-electron chi connectivity index (χ0n) is 8.23. The lowest BCUT2D eigenvalue weighted by Gasteiger charge is -2.23. The predicted molar refractivity (Wildman–Crippen MR) is 61.2 cm³/mol. The van der Waals surface area contributed by atoms with Gasteiger partial charge in [-0.25, -0.2) is 0 Å². The second kappa shape index (κ2) is 3.54. The van der Waals surface area contributed by atoms with E-state index in [1.54, 1.807) is 0 Å². The molecule has 2 nitrogen and oxygen atoms in total. The lowest BCUT2D eigenvalue weighted by Crippen LogP contribution is -2.37. The fourth-order valence-corrected chi connectivity index (χ4v) is 2.95. The molecule has 0 spiro atoms. The number of rotatable bonds is 3. The maximum atomic E-state index is 12.0. The third-order valence-electron chi connectivity index (χ3n) is 2.78. The third-order valence-corrected chi connectivity index (χ3v) is 5.09. The Morgan fingerprint density at radius 3 is 2.00 bits per heavy atom. The molecular weight excluding hydrogens is 298 g/mol. The quantitative estimate of drug-likeness (QED) is 0.734. The topological polar surface area (TPSA) is 20.3 Å². The van der Waals surface area contributed by atoms with Crippen LogP contribution in [0.2, 0.25) is 0 Å². The monoisotopic (exact) mass is 311 g/mol. The van der Waals surface area contributed by atoms with Crippen molar-refractivity contribution in [1.82, 2.24) is 4.90 Å². The van der Waals surface area contributed by atoms with E-state index in [4.69, 9.17) is 0 Å². The van der Waals surface area contributed by atoms with Gasteiger partial charge in [-0.3, -0.25) is 4.79 Å². The maximum Gasteiger partial charge on any atom is 0.230 e. The lowest BCUT2D eigenvalue weighted by molar-refractivity contribution is -0.135. The van der Waals surface area contributed by atoms with Crippen LogP contribution in [-0.2, 0) is 4.79 Å². The van der Waals surface area contributed by atoms with Crippen molar-refractivity contribution >= 4 is 37.8 Å². The van der Waals surface area contributed by atoms with Crippen LogP contribution in [0.3, 0.4) is 0 Å². The molecular formula is C9H15Br2NO. The van der Waals surface area contributed by atoms with Gasteiger partial charge in [-0.05, 0) is 27.2 Å². The number of carbonyl (C=O) groups excluding carboxylic acids is 1. The molecule has 0 radical (unpaired) electrons. The fourth-order valence-electron chi connectivity index (χ4n) is 1.49. The summed E-state index contributed by atoms with van der Waals surface area (Å²) in [4.78, 5) is 13.9. The molecule has 1 aliphatic rings. The Balaban J connectivity index is 2.69. The Bertz CT molecular complexity index is 226. The summed E-state index contributed by atoms with van der Waals surface area (Å²) in [5.41, 5.74) is -0.251. The standard InChI is InChI=1S/C9H15Br2NO/c1-4-12(5-2)7(13)8(3)6-9(8,10)11/h4-6H2,1-3H3/t8-/m0/s1. The van der Waals surface area contributed by atoms with E-state index < -0.39 is 0 Å². The molecule has 0 aliphatic heterocycles. The molecule has 13 heavy (non-hydrogen) atoms. The molecule has 0 aromatic heterocycles. The molecule has 1 atom stereocenters. The summed E-state index contributed by atoms with van der Waals surface area (Å²) in [6.07, 6.45) is 0.870. The summed E-state index contributed by atoms with van der Waals surface area (Å²) in [6, 6.07) is 0. The minimum absolute atomic E-state index is 0.160. The van der Waals surface area contributed by atoms with Crippen LogP contribution in [-0.4, -0.2) is 27.1 Å². The van der Waals surface area contributed by atoms with Crippen molar-refractivity contribution < 1.29 is 4.79 Å². The average molecular weight is 313 g/mol. The van der Waals surface area contributed by atoms with E-state index in [0.29, 0.717) is 0 Å². The Hall–Kier alpha value is 0.430. The van der Waals surface area contributed by atoms with E-state index in [1.165, 1.54) is 0 Å². The first-order valence-electron chi connectivity index (χ1n) is 4.56. The summed E-state index contributed by atoms with van der Waals surface area (Å²) in [6.45, 7) is 7.60. The zero-order valence-corrected chi connectivity index (χ0v) is 11.4. The summed E-state index contributed by atoms with van der Waals surface area (Å²) < 4.78 is -0.160. The van der Waals surface area contributed by atoms with Gasteiger partial charge in [0, 0.05) is 13.1 Å². The number of alkyl halides is 2. The highest BCUT2D eigenvalue weighted by Crippen LogP contribution is 2.66. The van der Waals surface area contributed by atoms with Gasteiger partial charge < -0.3 is 4.90 Å². The molecule has 1 saturated carbocycles. The highest BCUT2D eigenvalue weighted by atomic mass is 79.9. The highest BCUT2D eigenvalue weighted by molar-refractivity contribution is 9.25. The molecule has 0 bridgehead atoms. The summed E-state index contributed by atoms with van der Waals surface area (Å²) in [7, 11) is 0. The second-order valence-corrected chi connectivity index (χ2v) is 7.46. The second-order valence-electron chi connectivity index (χ2n) is 3.69. The molecule has 0 aromatic carbocycles. The van der Waals surface area contributed by atoms with E-state index in [0.717, 1.165) is 19.5 Å². The van der Waals surface area contributed by atoms with Crippen molar-refractivity contribution in [2.45, 2.75) is 30.4 Å². The van der Waals surface area contributed by atoms with Crippen LogP contribution >= 0.6 is 31.9 Å². The van der Waals surface area contributed by atoms with Gasteiger partial charge in [0.1, 0.15) is 0 Å². The first-order valence-corrected chi connectivity index (χ1v) is 6.15. The van der Waals surface area contributed by atoms with Crippen LogP contribution in [0.15, 0.2) is 0 Å². The predicted octanol–water partition coefficient (Wildman–Crippen LogP) is 2.75. The summed E-state index contributed by atoms with van der Waals surface area (Å²) >= 11 is 7.01. The molecule has 0 heterocycles. The van der Waals surface area contributed by atoms with E-state index in [-0.39, 0.29) is 14.6 Å². The van der Waals surface area contributed by atoms with Crippen LogP contribution in [0.4, 0.5) is 0 Å². The van der Waals surface area contributed by atoms with E-state index in [1.807, 2.05) is 25.7 Å². The Morgan fingerprint density at radius 2 is 1.77 bits per heavy atom. The van der Waals surface area contributed by atoms with Crippen molar-refractivity contribution in [2.75, 3.05) is 13.1 Å². The van der Waals surface area contributed by atoms with Gasteiger partial charge in [-0.1, -0.05) is 31.9 Å². The van der Waals surface area contributed by atoms with Crippen molar-refractivity contribution in [1.29, 1.82) is 0 Å². The lowest BCUT2D eigenvalue weighted by atomic mass is 10.1. The fraction of sp³-hybridized carbons (Fsp3) is 0.889. The minimum Gasteiger partial charge on any atom is -0.343 e. The normalized spacial score (nSPS) is 29.9. The molecule has 0 unspecified atom stereocenters. The number of nitrogens with zero attached hydrogens (tertiary/aromatic N) is 1. The van der Waals surface area contributed by atoms with Gasteiger partial charge in [-0.15, -0.1) is 0 Å². The number of hydrogen-bond donors (Lipinski definition) is 0. The Morgan fingerprint density at radius 1 is 1.38 bits per heavy atom. The molecule has 76 valence electrons. The SMILES string of the molecule is CCN(CC)C(=O)[C@]1(C)CC1(Br)Br. The van der Waals surface area contributed by atoms with Gasteiger partial charge in [0.05, 0.1) is 8.65 Å². The van der Waals surface area contributed by atoms with Crippen LogP contribution < -0.4 is 0 Å². The van der Waals surface area contributed by atoms with Crippen molar-refractivity contribution in [3.8, 4) is 0 Å². The molecule has 1 amide bonds. The maximum absolute atomic E-state index is 12.0. The molecule has 1 rings (SSSR count). The van der Waals surface area contributed by atoms with Crippen molar-refractivity contribution in [2.24, 2.45) is 5.41 Å². The summed E-state index contributed by atoms with van der Waals surface area (Å²) in [5, 5.41) is 0. The van der Waals surface area contributed by atoms with E-state index in [2.05, 4.69) is 31.9 Å². The van der Waals surface area contributed by atoms with Crippen LogP contribution in [0.1, 0.15) is 27.2 Å². The molecule has 1 aliphatic carbocycles. The average Bonchev–Trinajstić information content (AvgIpc) is 2.55. The molecule has 4 heteroatoms. The first kappa shape index (κ1) is 11.5. The van der Waals surface area contributed by atoms with Crippen LogP contribution in [0.5, 0.6) is 0 Å². The van der Waals surface area contributed by atoms with E-state index in [9.17, 15) is 4.79 Å². The number of hydrogen-bond acceptors (Lipinski definition) is 1. The number of carbonyl (C=O) groups is 1. The molecule has 1 fully saturated rings. The van der Waals surface area contributed by atoms with Crippen LogP contribution in [0, 0.1) is 5.41 Å². The molecule has 0 N–H and O–H groups in total. The Labute approximate surface area is 96.3 Å². The highest BCUT2D eigenvalue weighted by Gasteiger charge is 2.67. The van der Waals surface area contributed by atoms with Gasteiger partial charge in [-0.2, -0.15) is 0 Å². The zero-order chi connectivity index (χ0) is 10.3. The van der Waals surface area contributed by atoms with Crippen molar-refractivity contribution in [3.05, 3.63) is 0 Å². The smallest absolute Gasteiger partial charge is 0.230 e. The van der Waals surface area contributed by atoms with Gasteiger partial charge in [0.15, 0.2) is 0 Å². The van der Waals surface area contributed by atoms with E-state index >= 15 is 0 Å². The number of halogens is 2. The molecule has 0 aromatic rings. The molecule has 0 saturated heterocycles. The minimum atomic E-state index is -0.251. The third kappa shape index (κ3) is 1.80. The largest absolute Gasteiger partial charge is 0.343 e.